The van der Waals surface area contributed by atoms with E-state index in [1.54, 1.807) is 7.11 Å². The van der Waals surface area contributed by atoms with Crippen LogP contribution in [0.15, 0.2) is 78.9 Å². The van der Waals surface area contributed by atoms with Crippen molar-refractivity contribution in [2.75, 3.05) is 13.7 Å². The number of rotatable bonds is 10. The van der Waals surface area contributed by atoms with Crippen LogP contribution in [0.5, 0.6) is 11.5 Å². The molecule has 0 N–H and O–H groups in total. The van der Waals surface area contributed by atoms with E-state index >= 15 is 0 Å². The Morgan fingerprint density at radius 3 is 2.28 bits per heavy atom. The molecule has 6 nitrogen and oxygen atoms in total. The zero-order chi connectivity index (χ0) is 32.3. The number of ether oxygens (including phenoxy) is 3. The van der Waals surface area contributed by atoms with Crippen molar-refractivity contribution in [2.45, 2.75) is 95.8 Å². The van der Waals surface area contributed by atoms with Gasteiger partial charge in [0.1, 0.15) is 12.0 Å². The van der Waals surface area contributed by atoms with E-state index in [1.807, 2.05) is 59.5 Å². The smallest absolute Gasteiger partial charge is 0.319 e. The van der Waals surface area contributed by atoms with Crippen LogP contribution in [0.3, 0.4) is 0 Å². The molecule has 6 rings (SSSR count). The number of likely N-dealkylation sites (tertiary alicyclic amines) is 1. The second-order valence-electron chi connectivity index (χ2n) is 14.3. The third-order valence-corrected chi connectivity index (χ3v) is 10.8. The maximum absolute atomic E-state index is 14.4. The molecule has 6 heteroatoms. The number of esters is 1. The van der Waals surface area contributed by atoms with Gasteiger partial charge in [-0.2, -0.15) is 0 Å². The first-order valence-electron chi connectivity index (χ1n) is 17.2. The number of hydrogen-bond donors (Lipinski definition) is 0. The third kappa shape index (κ3) is 6.82. The highest BCUT2D eigenvalue weighted by Crippen LogP contribution is 2.45. The molecule has 3 aliphatic rings. The van der Waals surface area contributed by atoms with E-state index in [0.717, 1.165) is 56.1 Å². The van der Waals surface area contributed by atoms with Crippen LogP contribution < -0.4 is 9.47 Å². The summed E-state index contributed by atoms with van der Waals surface area (Å²) in [6.07, 6.45) is 7.13. The molecule has 1 heterocycles. The second-order valence-corrected chi connectivity index (χ2v) is 14.3. The SMILES string of the molecule is COc1ccc([C@H]2CN(Cc3ccccc3)C(=O)[C@@H]2C(=O)O[C@@H]2C[C@H](C)CC[C@H]2C(C)(C)c2ccccc2)cc1OC1CCCC1. The zero-order valence-corrected chi connectivity index (χ0v) is 27.8. The second kappa shape index (κ2) is 13.9. The van der Waals surface area contributed by atoms with E-state index in [2.05, 4.69) is 45.0 Å². The Labute approximate surface area is 274 Å². The van der Waals surface area contributed by atoms with Crippen molar-refractivity contribution in [3.05, 3.63) is 95.6 Å². The van der Waals surface area contributed by atoms with Gasteiger partial charge < -0.3 is 19.1 Å². The van der Waals surface area contributed by atoms with Crippen LogP contribution in [-0.4, -0.2) is 42.6 Å². The lowest BCUT2D eigenvalue weighted by Crippen LogP contribution is -2.45. The van der Waals surface area contributed by atoms with Crippen molar-refractivity contribution in [1.82, 2.24) is 4.90 Å². The van der Waals surface area contributed by atoms with Crippen LogP contribution in [0.25, 0.3) is 0 Å². The minimum Gasteiger partial charge on any atom is -0.493 e. The molecular weight excluding hydrogens is 574 g/mol. The number of amides is 1. The van der Waals surface area contributed by atoms with Gasteiger partial charge in [-0.1, -0.05) is 93.9 Å². The van der Waals surface area contributed by atoms with Crippen molar-refractivity contribution in [3.8, 4) is 11.5 Å². The van der Waals surface area contributed by atoms with Crippen LogP contribution in [0.1, 0.15) is 88.3 Å². The highest BCUT2D eigenvalue weighted by atomic mass is 16.5. The molecule has 1 amide bonds. The van der Waals surface area contributed by atoms with E-state index in [9.17, 15) is 9.59 Å². The predicted octanol–water partition coefficient (Wildman–Crippen LogP) is 8.08. The molecule has 2 aliphatic carbocycles. The molecule has 0 aromatic heterocycles. The lowest BCUT2D eigenvalue weighted by molar-refractivity contribution is -0.164. The maximum atomic E-state index is 14.4. The largest absolute Gasteiger partial charge is 0.493 e. The topological polar surface area (TPSA) is 65.1 Å². The molecule has 2 saturated carbocycles. The Hall–Kier alpha value is -3.80. The number of hydrogen-bond acceptors (Lipinski definition) is 5. The van der Waals surface area contributed by atoms with Gasteiger partial charge in [0, 0.05) is 24.9 Å². The average Bonchev–Trinajstić information content (AvgIpc) is 3.69. The molecule has 244 valence electrons. The van der Waals surface area contributed by atoms with Crippen LogP contribution >= 0.6 is 0 Å². The summed E-state index contributed by atoms with van der Waals surface area (Å²) >= 11 is 0. The molecule has 5 atom stereocenters. The van der Waals surface area contributed by atoms with Gasteiger partial charge in [0.15, 0.2) is 11.5 Å². The lowest BCUT2D eigenvalue weighted by Gasteiger charge is -2.44. The molecular formula is C40H49NO5. The van der Waals surface area contributed by atoms with Gasteiger partial charge in [-0.25, -0.2) is 0 Å². The number of carbonyl (C=O) groups is 2. The summed E-state index contributed by atoms with van der Waals surface area (Å²) < 4.78 is 18.6. The molecule has 0 unspecified atom stereocenters. The Bertz CT molecular complexity index is 1480. The van der Waals surface area contributed by atoms with Crippen LogP contribution in [-0.2, 0) is 26.3 Å². The van der Waals surface area contributed by atoms with Crippen LogP contribution in [0, 0.1) is 17.8 Å². The Balaban J connectivity index is 1.30. The first-order chi connectivity index (χ1) is 22.2. The van der Waals surface area contributed by atoms with Crippen LogP contribution in [0.2, 0.25) is 0 Å². The minimum atomic E-state index is -0.922. The molecule has 1 aliphatic heterocycles. The number of methoxy groups -OCH3 is 1. The molecule has 3 fully saturated rings. The van der Waals surface area contributed by atoms with Gasteiger partial charge in [0.05, 0.1) is 13.2 Å². The van der Waals surface area contributed by atoms with Gasteiger partial charge in [-0.05, 0) is 78.7 Å². The Morgan fingerprint density at radius 1 is 0.891 bits per heavy atom. The molecule has 0 radical (unpaired) electrons. The van der Waals surface area contributed by atoms with Crippen LogP contribution in [0.4, 0.5) is 0 Å². The summed E-state index contributed by atoms with van der Waals surface area (Å²) in [5, 5.41) is 0. The normalized spacial score (nSPS) is 25.4. The van der Waals surface area contributed by atoms with Gasteiger partial charge in [-0.3, -0.25) is 9.59 Å². The molecule has 3 aromatic rings. The average molecular weight is 624 g/mol. The fraction of sp³-hybridized carbons (Fsp3) is 0.500. The molecule has 1 saturated heterocycles. The number of nitrogens with zero attached hydrogens (tertiary/aromatic N) is 1. The monoisotopic (exact) mass is 623 g/mol. The highest BCUT2D eigenvalue weighted by Gasteiger charge is 2.49. The Morgan fingerprint density at radius 2 is 1.59 bits per heavy atom. The summed E-state index contributed by atoms with van der Waals surface area (Å²) in [5.41, 5.74) is 2.99. The fourth-order valence-electron chi connectivity index (χ4n) is 8.10. The number of carbonyl (C=O) groups excluding carboxylic acids is 2. The van der Waals surface area contributed by atoms with Gasteiger partial charge in [0.2, 0.25) is 5.91 Å². The standard InChI is InChI=1S/C40H49NO5/c1-27-19-21-33(40(2,3)30-15-9-6-10-16-30)35(23-27)46-39(43)37-32(26-41(38(37)42)25-28-13-7-5-8-14-28)29-20-22-34(44-4)36(24-29)45-31-17-11-12-18-31/h5-10,13-16,20,22,24,27,31-33,35,37H,11-12,17-19,21,23,25-26H2,1-4H3/t27-,32-,33-,35-,37-/m1/s1. The first-order valence-corrected chi connectivity index (χ1v) is 17.2. The zero-order valence-electron chi connectivity index (χ0n) is 27.8. The van der Waals surface area contributed by atoms with E-state index in [1.165, 1.54) is 5.56 Å². The van der Waals surface area contributed by atoms with E-state index in [0.29, 0.717) is 30.5 Å². The summed E-state index contributed by atoms with van der Waals surface area (Å²) in [4.78, 5) is 30.4. The van der Waals surface area contributed by atoms with E-state index in [-0.39, 0.29) is 35.4 Å². The molecule has 0 bridgehead atoms. The molecule has 46 heavy (non-hydrogen) atoms. The van der Waals surface area contributed by atoms with Crippen molar-refractivity contribution in [2.24, 2.45) is 17.8 Å². The summed E-state index contributed by atoms with van der Waals surface area (Å²) in [7, 11) is 1.65. The number of benzene rings is 3. The van der Waals surface area contributed by atoms with E-state index in [4.69, 9.17) is 14.2 Å². The summed E-state index contributed by atoms with van der Waals surface area (Å²) in [6.45, 7) is 7.64. The fourth-order valence-corrected chi connectivity index (χ4v) is 8.10. The van der Waals surface area contributed by atoms with Gasteiger partial charge in [0.25, 0.3) is 0 Å². The maximum Gasteiger partial charge on any atom is 0.319 e. The predicted molar refractivity (Wildman–Crippen MR) is 180 cm³/mol. The lowest BCUT2D eigenvalue weighted by atomic mass is 9.64. The summed E-state index contributed by atoms with van der Waals surface area (Å²) in [6, 6.07) is 26.4. The molecule has 3 aromatic carbocycles. The van der Waals surface area contributed by atoms with Crippen molar-refractivity contribution < 1.29 is 23.8 Å². The summed E-state index contributed by atoms with van der Waals surface area (Å²) in [5.74, 6) is 0.0840. The minimum absolute atomic E-state index is 0.151. The first kappa shape index (κ1) is 32.2. The Kier molecular flexibility index (Phi) is 9.72. The van der Waals surface area contributed by atoms with Crippen molar-refractivity contribution >= 4 is 11.9 Å². The van der Waals surface area contributed by atoms with Gasteiger partial charge in [-0.15, -0.1) is 0 Å². The van der Waals surface area contributed by atoms with Gasteiger partial charge >= 0.3 is 5.97 Å². The quantitative estimate of drug-likeness (QED) is 0.169. The third-order valence-electron chi connectivity index (χ3n) is 10.8. The van der Waals surface area contributed by atoms with Crippen molar-refractivity contribution in [1.29, 1.82) is 0 Å². The highest BCUT2D eigenvalue weighted by molar-refractivity contribution is 6.00. The van der Waals surface area contributed by atoms with E-state index < -0.39 is 11.9 Å². The molecule has 0 spiro atoms. The van der Waals surface area contributed by atoms with Crippen molar-refractivity contribution in [3.63, 3.8) is 0 Å².